The molecule has 2 N–H and O–H groups in total. The van der Waals surface area contributed by atoms with Crippen LogP contribution in [0.5, 0.6) is 5.88 Å². The van der Waals surface area contributed by atoms with Crippen molar-refractivity contribution >= 4 is 5.69 Å². The summed E-state index contributed by atoms with van der Waals surface area (Å²) in [5.74, 6) is -0.124. The highest BCUT2D eigenvalue weighted by atomic mass is 19.3. The number of methoxy groups -OCH3 is 1. The number of halogens is 2. The second-order valence-electron chi connectivity index (χ2n) is 2.82. The van der Waals surface area contributed by atoms with Crippen LogP contribution in [-0.4, -0.2) is 17.0 Å². The van der Waals surface area contributed by atoms with E-state index in [4.69, 9.17) is 5.73 Å². The van der Waals surface area contributed by atoms with E-state index in [-0.39, 0.29) is 18.0 Å². The predicted octanol–water partition coefficient (Wildman–Crippen LogP) is 1.39. The summed E-state index contributed by atoms with van der Waals surface area (Å²) in [7, 11) is 1.23. The SMILES string of the molecule is COc1cc(CN)c([N+](=O)[O-])c(C(F)F)n1. The highest BCUT2D eigenvalue weighted by molar-refractivity contribution is 5.47. The molecule has 0 aliphatic carbocycles. The minimum Gasteiger partial charge on any atom is -0.481 e. The molecule has 0 amide bonds. The topological polar surface area (TPSA) is 91.3 Å². The molecule has 0 radical (unpaired) electrons. The van der Waals surface area contributed by atoms with Crippen molar-refractivity contribution < 1.29 is 18.4 Å². The van der Waals surface area contributed by atoms with E-state index in [2.05, 4.69) is 9.72 Å². The minimum atomic E-state index is -3.05. The van der Waals surface area contributed by atoms with Gasteiger partial charge in [0, 0.05) is 12.6 Å². The Hall–Kier alpha value is -1.83. The number of nitrogens with zero attached hydrogens (tertiary/aromatic N) is 2. The Balaban J connectivity index is 3.47. The number of alkyl halides is 2. The second-order valence-corrected chi connectivity index (χ2v) is 2.82. The normalized spacial score (nSPS) is 10.6. The monoisotopic (exact) mass is 233 g/mol. The number of aromatic nitrogens is 1. The maximum absolute atomic E-state index is 12.6. The Morgan fingerprint density at radius 3 is 2.69 bits per heavy atom. The lowest BCUT2D eigenvalue weighted by atomic mass is 10.1. The van der Waals surface area contributed by atoms with Crippen LogP contribution in [0, 0.1) is 10.1 Å². The first kappa shape index (κ1) is 12.2. The number of rotatable bonds is 4. The van der Waals surface area contributed by atoms with Crippen molar-refractivity contribution in [2.45, 2.75) is 13.0 Å². The molecule has 8 heteroatoms. The molecule has 0 spiro atoms. The molecule has 0 aliphatic heterocycles. The molecular formula is C8H9F2N3O3. The van der Waals surface area contributed by atoms with Gasteiger partial charge in [-0.1, -0.05) is 0 Å². The van der Waals surface area contributed by atoms with Crippen molar-refractivity contribution in [1.82, 2.24) is 4.98 Å². The van der Waals surface area contributed by atoms with Crippen LogP contribution in [-0.2, 0) is 6.54 Å². The molecule has 0 unspecified atom stereocenters. The smallest absolute Gasteiger partial charge is 0.301 e. The highest BCUT2D eigenvalue weighted by Gasteiger charge is 2.28. The van der Waals surface area contributed by atoms with E-state index in [9.17, 15) is 18.9 Å². The summed E-state index contributed by atoms with van der Waals surface area (Å²) in [5, 5.41) is 10.6. The Labute approximate surface area is 89.2 Å². The fraction of sp³-hybridized carbons (Fsp3) is 0.375. The first-order chi connectivity index (χ1) is 7.51. The van der Waals surface area contributed by atoms with Crippen molar-refractivity contribution in [3.63, 3.8) is 0 Å². The zero-order chi connectivity index (χ0) is 12.3. The van der Waals surface area contributed by atoms with Gasteiger partial charge in [-0.25, -0.2) is 13.8 Å². The van der Waals surface area contributed by atoms with Crippen LogP contribution in [0.2, 0.25) is 0 Å². The first-order valence-corrected chi connectivity index (χ1v) is 4.21. The van der Waals surface area contributed by atoms with Gasteiger partial charge in [0.1, 0.15) is 0 Å². The van der Waals surface area contributed by atoms with Crippen LogP contribution in [0.15, 0.2) is 6.07 Å². The van der Waals surface area contributed by atoms with Crippen LogP contribution in [0.3, 0.4) is 0 Å². The van der Waals surface area contributed by atoms with E-state index >= 15 is 0 Å². The van der Waals surface area contributed by atoms with E-state index in [1.807, 2.05) is 0 Å². The fourth-order valence-corrected chi connectivity index (χ4v) is 1.21. The molecule has 1 rings (SSSR count). The van der Waals surface area contributed by atoms with Gasteiger partial charge < -0.3 is 10.5 Å². The van der Waals surface area contributed by atoms with Crippen LogP contribution in [0.25, 0.3) is 0 Å². The molecule has 0 saturated heterocycles. The molecule has 16 heavy (non-hydrogen) atoms. The number of hydrogen-bond donors (Lipinski definition) is 1. The molecule has 1 aromatic heterocycles. The van der Waals surface area contributed by atoms with E-state index in [0.717, 1.165) is 0 Å². The molecule has 0 aliphatic rings. The summed E-state index contributed by atoms with van der Waals surface area (Å²) in [4.78, 5) is 13.1. The molecule has 6 nitrogen and oxygen atoms in total. The number of ether oxygens (including phenoxy) is 1. The second kappa shape index (κ2) is 4.79. The Morgan fingerprint density at radius 1 is 1.69 bits per heavy atom. The lowest BCUT2D eigenvalue weighted by Gasteiger charge is -2.07. The first-order valence-electron chi connectivity index (χ1n) is 4.21. The zero-order valence-corrected chi connectivity index (χ0v) is 8.31. The maximum atomic E-state index is 12.6. The Kier molecular flexibility index (Phi) is 3.67. The molecule has 1 aromatic rings. The highest BCUT2D eigenvalue weighted by Crippen LogP contribution is 2.32. The number of hydrogen-bond acceptors (Lipinski definition) is 5. The lowest BCUT2D eigenvalue weighted by molar-refractivity contribution is -0.387. The van der Waals surface area contributed by atoms with Gasteiger partial charge in [-0.05, 0) is 0 Å². The number of pyridine rings is 1. The average molecular weight is 233 g/mol. The molecule has 0 atom stereocenters. The van der Waals surface area contributed by atoms with Gasteiger partial charge in [0.15, 0.2) is 5.69 Å². The van der Waals surface area contributed by atoms with Gasteiger partial charge >= 0.3 is 5.69 Å². The van der Waals surface area contributed by atoms with E-state index in [0.29, 0.717) is 0 Å². The third-order valence-electron chi connectivity index (χ3n) is 1.89. The summed E-state index contributed by atoms with van der Waals surface area (Å²) in [6.45, 7) is -0.241. The van der Waals surface area contributed by atoms with E-state index in [1.54, 1.807) is 0 Å². The number of nitrogens with two attached hydrogens (primary N) is 1. The largest absolute Gasteiger partial charge is 0.481 e. The molecule has 0 bridgehead atoms. The third kappa shape index (κ3) is 2.22. The van der Waals surface area contributed by atoms with Crippen LogP contribution >= 0.6 is 0 Å². The Morgan fingerprint density at radius 2 is 2.31 bits per heavy atom. The molecule has 88 valence electrons. The minimum absolute atomic E-state index is 0.0350. The third-order valence-corrected chi connectivity index (χ3v) is 1.89. The quantitative estimate of drug-likeness (QED) is 0.626. The van der Waals surface area contributed by atoms with E-state index in [1.165, 1.54) is 13.2 Å². The van der Waals surface area contributed by atoms with Crippen LogP contribution in [0.4, 0.5) is 14.5 Å². The fourth-order valence-electron chi connectivity index (χ4n) is 1.21. The standard InChI is InChI=1S/C8H9F2N3O3/c1-16-5-2-4(3-11)7(13(14)15)6(12-5)8(9)10/h2,8H,3,11H2,1H3. The summed E-state index contributed by atoms with van der Waals surface area (Å²) < 4.78 is 29.8. The molecule has 0 aromatic carbocycles. The Bertz CT molecular complexity index is 412. The van der Waals surface area contributed by atoms with Gasteiger partial charge in [-0.3, -0.25) is 10.1 Å². The van der Waals surface area contributed by atoms with E-state index < -0.39 is 22.7 Å². The summed E-state index contributed by atoms with van der Waals surface area (Å²) in [5.41, 5.74) is 3.54. The average Bonchev–Trinajstić information content (AvgIpc) is 2.26. The summed E-state index contributed by atoms with van der Waals surface area (Å²) in [6, 6.07) is 1.17. The van der Waals surface area contributed by atoms with Crippen molar-refractivity contribution in [1.29, 1.82) is 0 Å². The summed E-state index contributed by atoms with van der Waals surface area (Å²) in [6.07, 6.45) is -3.05. The van der Waals surface area contributed by atoms with Gasteiger partial charge in [-0.15, -0.1) is 0 Å². The maximum Gasteiger partial charge on any atom is 0.301 e. The van der Waals surface area contributed by atoms with Crippen LogP contribution in [0.1, 0.15) is 17.7 Å². The predicted molar refractivity (Wildman–Crippen MR) is 50.3 cm³/mol. The molecule has 0 fully saturated rings. The van der Waals surface area contributed by atoms with Crippen molar-refractivity contribution in [2.24, 2.45) is 5.73 Å². The zero-order valence-electron chi connectivity index (χ0n) is 8.31. The van der Waals surface area contributed by atoms with Gasteiger partial charge in [0.25, 0.3) is 6.43 Å². The van der Waals surface area contributed by atoms with Crippen molar-refractivity contribution in [3.8, 4) is 5.88 Å². The van der Waals surface area contributed by atoms with Crippen molar-refractivity contribution in [2.75, 3.05) is 7.11 Å². The van der Waals surface area contributed by atoms with Gasteiger partial charge in [0.2, 0.25) is 5.88 Å². The molecule has 1 heterocycles. The lowest BCUT2D eigenvalue weighted by Crippen LogP contribution is -2.08. The molecule has 0 saturated carbocycles. The number of nitro groups is 1. The van der Waals surface area contributed by atoms with Gasteiger partial charge in [0.05, 0.1) is 17.6 Å². The molecular weight excluding hydrogens is 224 g/mol. The van der Waals surface area contributed by atoms with Crippen molar-refractivity contribution in [3.05, 3.63) is 27.4 Å². The van der Waals surface area contributed by atoms with Crippen LogP contribution < -0.4 is 10.5 Å². The van der Waals surface area contributed by atoms with Gasteiger partial charge in [-0.2, -0.15) is 0 Å². The summed E-state index contributed by atoms with van der Waals surface area (Å²) >= 11 is 0.